The van der Waals surface area contributed by atoms with Crippen LogP contribution >= 0.6 is 0 Å². The summed E-state index contributed by atoms with van der Waals surface area (Å²) in [5, 5.41) is 5.71. The summed E-state index contributed by atoms with van der Waals surface area (Å²) < 4.78 is 19.4. The number of aromatic nitrogens is 1. The Labute approximate surface area is 175 Å². The molecule has 0 spiro atoms. The Hall–Kier alpha value is -3.22. The molecule has 1 aromatic carbocycles. The molecule has 2 amide bonds. The van der Waals surface area contributed by atoms with E-state index >= 15 is 0 Å². The topological polar surface area (TPSA) is 80.3 Å². The zero-order valence-electron chi connectivity index (χ0n) is 17.5. The lowest BCUT2D eigenvalue weighted by Crippen LogP contribution is -2.35. The number of hydrogen-bond donors (Lipinski definition) is 2. The highest BCUT2D eigenvalue weighted by Gasteiger charge is 2.22. The second-order valence-corrected chi connectivity index (χ2v) is 8.30. The molecule has 1 aromatic heterocycles. The van der Waals surface area contributed by atoms with Gasteiger partial charge in [0.2, 0.25) is 5.91 Å². The van der Waals surface area contributed by atoms with Gasteiger partial charge in [-0.15, -0.1) is 0 Å². The van der Waals surface area contributed by atoms with Gasteiger partial charge in [-0.1, -0.05) is 19.1 Å². The number of ether oxygens (including phenoxy) is 1. The summed E-state index contributed by atoms with van der Waals surface area (Å²) >= 11 is 0. The lowest BCUT2D eigenvalue weighted by atomic mass is 9.99. The number of carbonyl (C=O) groups excluding carboxylic acids is 2. The first kappa shape index (κ1) is 21.5. The zero-order chi connectivity index (χ0) is 21.9. The molecule has 0 radical (unpaired) electrons. The molecule has 2 aromatic rings. The standard InChI is InChI=1S/C23H26FN3O3/c1-14-6-5-7-19(27-22(29)30-23(2,3)4)20-12-15(10-11-25-20)17-13-16(24)8-9-18(17)26-21(14)28/h5-6,8-14,19H,7H2,1-4H3,(H,26,28)(H,27,29)/b6-5-/t14-,19+/m1/s1. The molecule has 0 aliphatic carbocycles. The Morgan fingerprint density at radius 3 is 2.77 bits per heavy atom. The fourth-order valence-electron chi connectivity index (χ4n) is 3.13. The number of rotatable bonds is 1. The lowest BCUT2D eigenvalue weighted by Gasteiger charge is -2.23. The average Bonchev–Trinajstić information content (AvgIpc) is 2.66. The van der Waals surface area contributed by atoms with Crippen LogP contribution in [-0.2, 0) is 9.53 Å². The van der Waals surface area contributed by atoms with E-state index in [0.29, 0.717) is 28.9 Å². The van der Waals surface area contributed by atoms with Crippen LogP contribution in [0.4, 0.5) is 14.9 Å². The van der Waals surface area contributed by atoms with Crippen LogP contribution in [-0.4, -0.2) is 22.6 Å². The van der Waals surface area contributed by atoms with Crippen LogP contribution in [0.25, 0.3) is 11.1 Å². The number of alkyl carbamates (subject to hydrolysis) is 1. The van der Waals surface area contributed by atoms with Crippen molar-refractivity contribution in [3.63, 3.8) is 0 Å². The van der Waals surface area contributed by atoms with Crippen LogP contribution in [0.3, 0.4) is 0 Å². The summed E-state index contributed by atoms with van der Waals surface area (Å²) in [6.45, 7) is 7.14. The van der Waals surface area contributed by atoms with Crippen LogP contribution in [0.5, 0.6) is 0 Å². The monoisotopic (exact) mass is 411 g/mol. The molecule has 2 heterocycles. The van der Waals surface area contributed by atoms with Gasteiger partial charge in [-0.05, 0) is 63.1 Å². The first-order chi connectivity index (χ1) is 14.1. The number of halogens is 1. The molecule has 1 aliphatic rings. The van der Waals surface area contributed by atoms with Crippen LogP contribution < -0.4 is 10.6 Å². The van der Waals surface area contributed by atoms with Gasteiger partial charge in [0.1, 0.15) is 11.4 Å². The SMILES string of the molecule is C[C@@H]1/C=C\C[C@H](NC(=O)OC(C)(C)C)c2cc(ccn2)-c2cc(F)ccc2NC1=O. The van der Waals surface area contributed by atoms with E-state index in [1.807, 2.05) is 6.08 Å². The minimum absolute atomic E-state index is 0.203. The van der Waals surface area contributed by atoms with Gasteiger partial charge in [0.05, 0.1) is 17.7 Å². The quantitative estimate of drug-likeness (QED) is 0.648. The summed E-state index contributed by atoms with van der Waals surface area (Å²) in [6.07, 6.45) is 5.07. The van der Waals surface area contributed by atoms with E-state index in [2.05, 4.69) is 15.6 Å². The van der Waals surface area contributed by atoms with Gasteiger partial charge < -0.3 is 15.4 Å². The normalized spacial score (nSPS) is 20.1. The van der Waals surface area contributed by atoms with Gasteiger partial charge in [0.25, 0.3) is 0 Å². The van der Waals surface area contributed by atoms with Crippen molar-refractivity contribution in [2.24, 2.45) is 5.92 Å². The molecule has 0 unspecified atom stereocenters. The Bertz CT molecular complexity index is 982. The molecular weight excluding hydrogens is 385 g/mol. The molecule has 158 valence electrons. The average molecular weight is 411 g/mol. The van der Waals surface area contributed by atoms with Crippen molar-refractivity contribution in [3.8, 4) is 11.1 Å². The maximum Gasteiger partial charge on any atom is 0.408 e. The molecule has 1 aliphatic heterocycles. The Balaban J connectivity index is 2.04. The van der Waals surface area contributed by atoms with E-state index in [0.717, 1.165) is 0 Å². The third-order valence-electron chi connectivity index (χ3n) is 4.59. The molecule has 6 nitrogen and oxygen atoms in total. The molecule has 0 saturated carbocycles. The summed E-state index contributed by atoms with van der Waals surface area (Å²) in [6, 6.07) is 7.27. The van der Waals surface area contributed by atoms with Gasteiger partial charge in [0, 0.05) is 17.4 Å². The van der Waals surface area contributed by atoms with Crippen molar-refractivity contribution < 1.29 is 18.7 Å². The van der Waals surface area contributed by atoms with Crippen LogP contribution in [0, 0.1) is 11.7 Å². The predicted molar refractivity (Wildman–Crippen MR) is 113 cm³/mol. The van der Waals surface area contributed by atoms with Crippen LogP contribution in [0.1, 0.15) is 45.9 Å². The maximum atomic E-state index is 14.0. The lowest BCUT2D eigenvalue weighted by molar-refractivity contribution is -0.118. The van der Waals surface area contributed by atoms with Crippen molar-refractivity contribution in [1.29, 1.82) is 0 Å². The summed E-state index contributed by atoms with van der Waals surface area (Å²) in [4.78, 5) is 29.3. The number of nitrogens with zero attached hydrogens (tertiary/aromatic N) is 1. The third-order valence-corrected chi connectivity index (χ3v) is 4.59. The van der Waals surface area contributed by atoms with Gasteiger partial charge >= 0.3 is 6.09 Å². The number of hydrogen-bond acceptors (Lipinski definition) is 4. The van der Waals surface area contributed by atoms with Crippen LogP contribution in [0.15, 0.2) is 48.7 Å². The van der Waals surface area contributed by atoms with Gasteiger partial charge in [-0.3, -0.25) is 9.78 Å². The van der Waals surface area contributed by atoms with E-state index in [1.165, 1.54) is 12.1 Å². The molecule has 0 fully saturated rings. The van der Waals surface area contributed by atoms with Crippen molar-refractivity contribution in [3.05, 3.63) is 60.2 Å². The summed E-state index contributed by atoms with van der Waals surface area (Å²) in [5.41, 5.74) is 1.71. The Kier molecular flexibility index (Phi) is 6.20. The summed E-state index contributed by atoms with van der Waals surface area (Å²) in [5.74, 6) is -1.02. The number of benzene rings is 1. The van der Waals surface area contributed by atoms with E-state index in [-0.39, 0.29) is 5.91 Å². The van der Waals surface area contributed by atoms with Crippen molar-refractivity contribution in [2.45, 2.75) is 45.8 Å². The molecule has 30 heavy (non-hydrogen) atoms. The second-order valence-electron chi connectivity index (χ2n) is 8.30. The van der Waals surface area contributed by atoms with E-state index in [9.17, 15) is 14.0 Å². The highest BCUT2D eigenvalue weighted by Crippen LogP contribution is 2.31. The Morgan fingerprint density at radius 1 is 1.27 bits per heavy atom. The first-order valence-corrected chi connectivity index (χ1v) is 9.85. The van der Waals surface area contributed by atoms with E-state index in [1.54, 1.807) is 58.2 Å². The smallest absolute Gasteiger partial charge is 0.408 e. The van der Waals surface area contributed by atoms with Crippen LogP contribution in [0.2, 0.25) is 0 Å². The molecule has 3 rings (SSSR count). The number of carbonyl (C=O) groups is 2. The van der Waals surface area contributed by atoms with Gasteiger partial charge in [-0.25, -0.2) is 9.18 Å². The molecule has 2 atom stereocenters. The number of amides is 2. The highest BCUT2D eigenvalue weighted by molar-refractivity contribution is 5.97. The number of anilines is 1. The number of fused-ring (bicyclic) bond motifs is 4. The number of nitrogens with one attached hydrogen (secondary N) is 2. The summed E-state index contributed by atoms with van der Waals surface area (Å²) in [7, 11) is 0. The maximum absolute atomic E-state index is 14.0. The van der Waals surface area contributed by atoms with Crippen molar-refractivity contribution in [1.82, 2.24) is 10.3 Å². The fourth-order valence-corrected chi connectivity index (χ4v) is 3.13. The molecule has 2 bridgehead atoms. The molecular formula is C23H26FN3O3. The minimum Gasteiger partial charge on any atom is -0.444 e. The largest absolute Gasteiger partial charge is 0.444 e. The molecule has 0 saturated heterocycles. The zero-order valence-corrected chi connectivity index (χ0v) is 17.5. The van der Waals surface area contributed by atoms with Gasteiger partial charge in [0.15, 0.2) is 0 Å². The van der Waals surface area contributed by atoms with E-state index in [4.69, 9.17) is 4.74 Å². The van der Waals surface area contributed by atoms with Crippen molar-refractivity contribution >= 4 is 17.7 Å². The second kappa shape index (κ2) is 8.65. The minimum atomic E-state index is -0.635. The predicted octanol–water partition coefficient (Wildman–Crippen LogP) is 4.99. The Morgan fingerprint density at radius 2 is 2.03 bits per heavy atom. The number of pyridine rings is 1. The third kappa shape index (κ3) is 5.43. The van der Waals surface area contributed by atoms with Crippen molar-refractivity contribution in [2.75, 3.05) is 5.32 Å². The molecule has 2 N–H and O–H groups in total. The fraction of sp³-hybridized carbons (Fsp3) is 0.348. The highest BCUT2D eigenvalue weighted by atomic mass is 19.1. The molecule has 7 heteroatoms. The van der Waals surface area contributed by atoms with E-state index < -0.39 is 29.5 Å². The first-order valence-electron chi connectivity index (χ1n) is 9.85. The van der Waals surface area contributed by atoms with Gasteiger partial charge in [-0.2, -0.15) is 0 Å².